The zero-order chi connectivity index (χ0) is 16.7. The number of thiophene rings is 1. The summed E-state index contributed by atoms with van der Waals surface area (Å²) in [5.41, 5.74) is 0.139. The molecule has 0 aromatic carbocycles. The van der Waals surface area contributed by atoms with Gasteiger partial charge in [0.05, 0.1) is 17.5 Å². The van der Waals surface area contributed by atoms with Crippen molar-refractivity contribution in [3.63, 3.8) is 0 Å². The number of nitrogens with one attached hydrogen (secondary N) is 1. The lowest BCUT2D eigenvalue weighted by Crippen LogP contribution is -2.57. The number of ether oxygens (including phenoxy) is 1. The van der Waals surface area contributed by atoms with E-state index in [4.69, 9.17) is 9.73 Å². The summed E-state index contributed by atoms with van der Waals surface area (Å²) in [4.78, 5) is 19.5. The smallest absolute Gasteiger partial charge is 0.194 e. The summed E-state index contributed by atoms with van der Waals surface area (Å²) in [6.45, 7) is 6.41. The lowest BCUT2D eigenvalue weighted by molar-refractivity contribution is 0.0514. The van der Waals surface area contributed by atoms with Gasteiger partial charge >= 0.3 is 0 Å². The number of hydrogen-bond donors (Lipinski definition) is 1. The first-order chi connectivity index (χ1) is 12.3. The van der Waals surface area contributed by atoms with Gasteiger partial charge in [0.15, 0.2) is 5.96 Å². The molecule has 5 heterocycles. The van der Waals surface area contributed by atoms with E-state index < -0.39 is 0 Å². The normalized spacial score (nSPS) is 22.2. The number of guanidine groups is 1. The molecule has 0 atom stereocenters. The zero-order valence-electron chi connectivity index (χ0n) is 14.6. The fraction of sp³-hybridized carbons (Fsp3) is 0.588. The molecule has 140 valence electrons. The van der Waals surface area contributed by atoms with Gasteiger partial charge in [-0.05, 0) is 24.3 Å². The Morgan fingerprint density at radius 2 is 1.85 bits per heavy atom. The lowest BCUT2D eigenvalue weighted by atomic mass is 9.91. The molecule has 3 aliphatic heterocycles. The average Bonchev–Trinajstić information content (AvgIpc) is 3.30. The highest BCUT2D eigenvalue weighted by molar-refractivity contribution is 14.0. The molecule has 0 amide bonds. The summed E-state index contributed by atoms with van der Waals surface area (Å²) in [6.07, 6.45) is 3.78. The van der Waals surface area contributed by atoms with Crippen LogP contribution in [0.25, 0.3) is 10.2 Å². The minimum atomic E-state index is 0. The Bertz CT molecular complexity index is 797. The van der Waals surface area contributed by atoms with Crippen LogP contribution >= 0.6 is 35.3 Å². The first-order valence-electron chi connectivity index (χ1n) is 8.92. The van der Waals surface area contributed by atoms with Gasteiger partial charge in [-0.25, -0.2) is 9.97 Å². The van der Waals surface area contributed by atoms with Crippen molar-refractivity contribution < 1.29 is 4.74 Å². The van der Waals surface area contributed by atoms with Crippen molar-refractivity contribution in [1.82, 2.24) is 20.2 Å². The van der Waals surface area contributed by atoms with Crippen molar-refractivity contribution in [2.45, 2.75) is 18.4 Å². The van der Waals surface area contributed by atoms with E-state index >= 15 is 0 Å². The maximum atomic E-state index is 5.51. The molecule has 2 fully saturated rings. The minimum absolute atomic E-state index is 0. The molecule has 26 heavy (non-hydrogen) atoms. The Labute approximate surface area is 173 Å². The first-order valence-corrected chi connectivity index (χ1v) is 9.80. The van der Waals surface area contributed by atoms with Gasteiger partial charge in [-0.15, -0.1) is 35.3 Å². The fourth-order valence-corrected chi connectivity index (χ4v) is 4.65. The van der Waals surface area contributed by atoms with Gasteiger partial charge in [-0.3, -0.25) is 4.99 Å². The quantitative estimate of drug-likeness (QED) is 0.622. The molecule has 0 aliphatic carbocycles. The molecule has 2 aromatic rings. The van der Waals surface area contributed by atoms with Gasteiger partial charge in [-0.1, -0.05) is 0 Å². The van der Waals surface area contributed by atoms with Gasteiger partial charge in [0.25, 0.3) is 0 Å². The molecule has 2 saturated heterocycles. The topological polar surface area (TPSA) is 65.9 Å². The number of anilines is 1. The molecular weight excluding hydrogens is 463 g/mol. The standard InChI is InChI=1S/C17H22N6OS.HI/c1-10-25-15-13(1)14(19-12-20-15)22-4-6-23(7-5-22)16-18-11-17(21-16)2-8-24-9-3-17;/h1,10,12H,2-9,11H2,(H,18,21);1H. The van der Waals surface area contributed by atoms with E-state index in [0.717, 1.165) is 75.4 Å². The molecule has 7 nitrogen and oxygen atoms in total. The SMILES string of the molecule is I.c1nc(N2CCN(C3=NCC4(CCOCC4)N3)CC2)c2ccsc2n1. The van der Waals surface area contributed by atoms with Crippen molar-refractivity contribution >= 4 is 57.3 Å². The highest BCUT2D eigenvalue weighted by Crippen LogP contribution is 2.28. The molecule has 0 unspecified atom stereocenters. The largest absolute Gasteiger partial charge is 0.381 e. The van der Waals surface area contributed by atoms with Crippen LogP contribution in [0.15, 0.2) is 22.8 Å². The van der Waals surface area contributed by atoms with Gasteiger partial charge in [0.2, 0.25) is 0 Å². The molecule has 1 N–H and O–H groups in total. The average molecular weight is 486 g/mol. The number of hydrogen-bond acceptors (Lipinski definition) is 8. The van der Waals surface area contributed by atoms with Gasteiger partial charge in [0, 0.05) is 39.4 Å². The predicted octanol–water partition coefficient (Wildman–Crippen LogP) is 1.94. The van der Waals surface area contributed by atoms with E-state index in [9.17, 15) is 0 Å². The van der Waals surface area contributed by atoms with Crippen LogP contribution in [0.5, 0.6) is 0 Å². The van der Waals surface area contributed by atoms with E-state index in [1.54, 1.807) is 17.7 Å². The second-order valence-corrected chi connectivity index (χ2v) is 7.86. The van der Waals surface area contributed by atoms with Gasteiger partial charge in [0.1, 0.15) is 17.0 Å². The van der Waals surface area contributed by atoms with Crippen molar-refractivity contribution in [3.05, 3.63) is 17.8 Å². The van der Waals surface area contributed by atoms with E-state index in [0.29, 0.717) is 0 Å². The first kappa shape index (κ1) is 18.2. The summed E-state index contributed by atoms with van der Waals surface area (Å²) < 4.78 is 5.51. The number of nitrogens with zero attached hydrogens (tertiary/aromatic N) is 5. The van der Waals surface area contributed by atoms with Crippen LogP contribution in [-0.2, 0) is 4.74 Å². The second-order valence-electron chi connectivity index (χ2n) is 6.97. The third kappa shape index (κ3) is 3.24. The maximum Gasteiger partial charge on any atom is 0.194 e. The summed E-state index contributed by atoms with van der Waals surface area (Å²) in [5, 5.41) is 6.96. The van der Waals surface area contributed by atoms with Crippen LogP contribution in [0.1, 0.15) is 12.8 Å². The molecule has 9 heteroatoms. The Hall–Kier alpha value is -1.20. The molecule has 3 aliphatic rings. The van der Waals surface area contributed by atoms with Crippen molar-refractivity contribution in [2.24, 2.45) is 4.99 Å². The number of piperazine rings is 1. The molecule has 5 rings (SSSR count). The zero-order valence-corrected chi connectivity index (χ0v) is 17.7. The minimum Gasteiger partial charge on any atom is -0.381 e. The molecular formula is C17H23IN6OS. The van der Waals surface area contributed by atoms with Crippen LogP contribution in [0.4, 0.5) is 5.82 Å². The third-order valence-corrected chi connectivity index (χ3v) is 6.30. The highest BCUT2D eigenvalue weighted by atomic mass is 127. The molecule has 0 radical (unpaired) electrons. The maximum absolute atomic E-state index is 5.51. The molecule has 0 saturated carbocycles. The highest BCUT2D eigenvalue weighted by Gasteiger charge is 2.39. The van der Waals surface area contributed by atoms with E-state index in [2.05, 4.69) is 36.5 Å². The van der Waals surface area contributed by atoms with E-state index in [1.165, 1.54) is 5.39 Å². The van der Waals surface area contributed by atoms with Crippen LogP contribution < -0.4 is 10.2 Å². The van der Waals surface area contributed by atoms with Crippen LogP contribution in [-0.4, -0.2) is 72.3 Å². The number of rotatable bonds is 1. The summed E-state index contributed by atoms with van der Waals surface area (Å²) in [5.74, 6) is 2.14. The number of fused-ring (bicyclic) bond motifs is 1. The summed E-state index contributed by atoms with van der Waals surface area (Å²) >= 11 is 1.67. The number of halogens is 1. The Morgan fingerprint density at radius 3 is 2.65 bits per heavy atom. The molecule has 2 aromatic heterocycles. The lowest BCUT2D eigenvalue weighted by Gasteiger charge is -2.39. The number of aromatic nitrogens is 2. The Balaban J connectivity index is 0.00000168. The molecule has 0 bridgehead atoms. The van der Waals surface area contributed by atoms with Crippen molar-refractivity contribution in [1.29, 1.82) is 0 Å². The predicted molar refractivity (Wildman–Crippen MR) is 115 cm³/mol. The van der Waals surface area contributed by atoms with Crippen molar-refractivity contribution in [3.8, 4) is 0 Å². The number of aliphatic imine (C=N–C) groups is 1. The Morgan fingerprint density at radius 1 is 1.08 bits per heavy atom. The fourth-order valence-electron chi connectivity index (χ4n) is 3.93. The Kier molecular flexibility index (Phi) is 5.20. The summed E-state index contributed by atoms with van der Waals surface area (Å²) in [6, 6.07) is 2.12. The third-order valence-electron chi connectivity index (χ3n) is 5.48. The summed E-state index contributed by atoms with van der Waals surface area (Å²) in [7, 11) is 0. The monoisotopic (exact) mass is 486 g/mol. The second kappa shape index (κ2) is 7.43. The van der Waals surface area contributed by atoms with Crippen LogP contribution in [0.3, 0.4) is 0 Å². The molecule has 1 spiro atoms. The van der Waals surface area contributed by atoms with E-state index in [-0.39, 0.29) is 29.5 Å². The van der Waals surface area contributed by atoms with Crippen LogP contribution in [0.2, 0.25) is 0 Å². The van der Waals surface area contributed by atoms with Crippen LogP contribution in [0, 0.1) is 0 Å². The van der Waals surface area contributed by atoms with Gasteiger partial charge in [-0.2, -0.15) is 0 Å². The van der Waals surface area contributed by atoms with E-state index in [1.807, 2.05) is 0 Å². The van der Waals surface area contributed by atoms with Crippen molar-refractivity contribution in [2.75, 3.05) is 50.8 Å². The van der Waals surface area contributed by atoms with Gasteiger partial charge < -0.3 is 19.9 Å².